The van der Waals surface area contributed by atoms with Crippen LogP contribution in [0.3, 0.4) is 0 Å². The molecule has 0 N–H and O–H groups in total. The number of sulfonamides is 1. The number of rotatable bonds is 12. The number of hydrogen-bond acceptors (Lipinski definition) is 2. The first-order valence-corrected chi connectivity index (χ1v) is 9.17. The molecule has 0 bridgehead atoms. The second-order valence-electron chi connectivity index (χ2n) is 4.98. The van der Waals surface area contributed by atoms with Crippen LogP contribution < -0.4 is 0 Å². The van der Waals surface area contributed by atoms with E-state index in [0.717, 1.165) is 51.4 Å². The number of unbranched alkanes of at least 4 members (excludes halogenated alkanes) is 5. The molecule has 0 rings (SSSR count). The van der Waals surface area contributed by atoms with Gasteiger partial charge in [0, 0.05) is 13.1 Å². The number of nitrogens with zero attached hydrogens (tertiary/aromatic N) is 1. The van der Waals surface area contributed by atoms with E-state index in [1.54, 1.807) is 4.31 Å². The molecule has 3 nitrogen and oxygen atoms in total. The summed E-state index contributed by atoms with van der Waals surface area (Å²) in [5.41, 5.74) is 0. The molecule has 0 saturated carbocycles. The summed E-state index contributed by atoms with van der Waals surface area (Å²) in [4.78, 5) is 0. The lowest BCUT2D eigenvalue weighted by Crippen LogP contribution is -2.34. The molecule has 0 aromatic carbocycles. The monoisotopic (exact) mass is 277 g/mol. The predicted molar refractivity (Wildman–Crippen MR) is 79.3 cm³/mol. The van der Waals surface area contributed by atoms with Crippen LogP contribution in [-0.4, -0.2) is 31.6 Å². The smallest absolute Gasteiger partial charge is 0.212 e. The van der Waals surface area contributed by atoms with Crippen molar-refractivity contribution < 1.29 is 8.42 Å². The Labute approximate surface area is 114 Å². The summed E-state index contributed by atoms with van der Waals surface area (Å²) in [6, 6.07) is 0. The minimum absolute atomic E-state index is 0.334. The van der Waals surface area contributed by atoms with E-state index >= 15 is 0 Å². The van der Waals surface area contributed by atoms with Gasteiger partial charge in [0.1, 0.15) is 0 Å². The largest absolute Gasteiger partial charge is 0.214 e. The maximum atomic E-state index is 12.2. The second kappa shape index (κ2) is 10.8. The molecule has 0 fully saturated rings. The molecule has 4 heteroatoms. The van der Waals surface area contributed by atoms with Crippen molar-refractivity contribution in [2.45, 2.75) is 72.1 Å². The Bertz CT molecular complexity index is 268. The van der Waals surface area contributed by atoms with E-state index in [9.17, 15) is 8.42 Å². The summed E-state index contributed by atoms with van der Waals surface area (Å²) in [7, 11) is -3.01. The Morgan fingerprint density at radius 3 is 1.67 bits per heavy atom. The van der Waals surface area contributed by atoms with E-state index in [1.165, 1.54) is 0 Å². The van der Waals surface area contributed by atoms with Crippen LogP contribution in [0.4, 0.5) is 0 Å². The van der Waals surface area contributed by atoms with Crippen molar-refractivity contribution in [3.8, 4) is 0 Å². The fourth-order valence-electron chi connectivity index (χ4n) is 1.90. The van der Waals surface area contributed by atoms with E-state index in [4.69, 9.17) is 0 Å². The molecule has 0 saturated heterocycles. The molecule has 0 heterocycles. The van der Waals surface area contributed by atoms with E-state index in [-0.39, 0.29) is 0 Å². The van der Waals surface area contributed by atoms with Gasteiger partial charge in [-0.25, -0.2) is 12.7 Å². The van der Waals surface area contributed by atoms with E-state index in [1.807, 2.05) is 0 Å². The molecular weight excluding hydrogens is 246 g/mol. The zero-order chi connectivity index (χ0) is 13.9. The molecule has 0 aliphatic rings. The summed E-state index contributed by atoms with van der Waals surface area (Å²) in [5, 5.41) is 0. The van der Waals surface area contributed by atoms with Gasteiger partial charge < -0.3 is 0 Å². The first-order valence-electron chi connectivity index (χ1n) is 7.56. The Morgan fingerprint density at radius 1 is 0.722 bits per heavy atom. The quantitative estimate of drug-likeness (QED) is 0.509. The Morgan fingerprint density at radius 2 is 1.22 bits per heavy atom. The van der Waals surface area contributed by atoms with E-state index in [2.05, 4.69) is 20.8 Å². The van der Waals surface area contributed by atoms with Crippen LogP contribution in [0.15, 0.2) is 0 Å². The molecule has 0 aromatic rings. The lowest BCUT2D eigenvalue weighted by molar-refractivity contribution is 0.394. The Kier molecular flexibility index (Phi) is 10.7. The van der Waals surface area contributed by atoms with Crippen LogP contribution in [0.5, 0.6) is 0 Å². The summed E-state index contributed by atoms with van der Waals surface area (Å²) < 4.78 is 26.2. The third-order valence-electron chi connectivity index (χ3n) is 3.17. The SMILES string of the molecule is CCCCCCS(=O)(=O)N(CCCC)CCCC. The normalized spacial score (nSPS) is 12.2. The predicted octanol–water partition coefficient (Wildman–Crippen LogP) is 3.80. The Hall–Kier alpha value is -0.0900. The van der Waals surface area contributed by atoms with Gasteiger partial charge in [0.05, 0.1) is 5.75 Å². The van der Waals surface area contributed by atoms with Crippen LogP contribution in [0, 0.1) is 0 Å². The first kappa shape index (κ1) is 17.9. The van der Waals surface area contributed by atoms with Gasteiger partial charge in [-0.3, -0.25) is 0 Å². The molecule has 0 unspecified atom stereocenters. The molecule has 0 aliphatic heterocycles. The van der Waals surface area contributed by atoms with Crippen molar-refractivity contribution in [3.63, 3.8) is 0 Å². The van der Waals surface area contributed by atoms with Gasteiger partial charge in [-0.15, -0.1) is 0 Å². The van der Waals surface area contributed by atoms with Crippen LogP contribution in [0.25, 0.3) is 0 Å². The fraction of sp³-hybridized carbons (Fsp3) is 1.00. The maximum Gasteiger partial charge on any atom is 0.214 e. The fourth-order valence-corrected chi connectivity index (χ4v) is 3.54. The summed E-state index contributed by atoms with van der Waals surface area (Å²) in [6.45, 7) is 7.75. The summed E-state index contributed by atoms with van der Waals surface area (Å²) in [6.07, 6.45) is 8.17. The minimum Gasteiger partial charge on any atom is -0.212 e. The Balaban J connectivity index is 4.24. The zero-order valence-corrected chi connectivity index (χ0v) is 13.3. The molecule has 0 aliphatic carbocycles. The van der Waals surface area contributed by atoms with Gasteiger partial charge in [0.25, 0.3) is 0 Å². The van der Waals surface area contributed by atoms with Crippen LogP contribution in [0.1, 0.15) is 72.1 Å². The highest BCUT2D eigenvalue weighted by atomic mass is 32.2. The van der Waals surface area contributed by atoms with Crippen molar-refractivity contribution in [3.05, 3.63) is 0 Å². The lowest BCUT2D eigenvalue weighted by atomic mass is 10.2. The maximum absolute atomic E-state index is 12.2. The first-order chi connectivity index (χ1) is 8.58. The molecule has 0 aromatic heterocycles. The second-order valence-corrected chi connectivity index (χ2v) is 7.07. The third kappa shape index (κ3) is 8.09. The summed E-state index contributed by atoms with van der Waals surface area (Å²) in [5.74, 6) is 0.334. The zero-order valence-electron chi connectivity index (χ0n) is 12.5. The van der Waals surface area contributed by atoms with Crippen molar-refractivity contribution >= 4 is 10.0 Å². The van der Waals surface area contributed by atoms with Gasteiger partial charge in [-0.05, 0) is 19.3 Å². The highest BCUT2D eigenvalue weighted by Crippen LogP contribution is 2.10. The standard InChI is InChI=1S/C14H31NO2S/c1-4-7-10-11-14-18(16,17)15(12-8-5-2)13-9-6-3/h4-14H2,1-3H3. The minimum atomic E-state index is -3.01. The van der Waals surface area contributed by atoms with Gasteiger partial charge >= 0.3 is 0 Å². The molecular formula is C14H31NO2S. The molecule has 0 atom stereocenters. The van der Waals surface area contributed by atoms with Crippen LogP contribution >= 0.6 is 0 Å². The topological polar surface area (TPSA) is 37.4 Å². The van der Waals surface area contributed by atoms with Crippen LogP contribution in [-0.2, 0) is 10.0 Å². The lowest BCUT2D eigenvalue weighted by Gasteiger charge is -2.21. The van der Waals surface area contributed by atoms with Gasteiger partial charge in [0.2, 0.25) is 10.0 Å². The van der Waals surface area contributed by atoms with Gasteiger partial charge in [-0.2, -0.15) is 0 Å². The molecule has 0 amide bonds. The van der Waals surface area contributed by atoms with Gasteiger partial charge in [0.15, 0.2) is 0 Å². The van der Waals surface area contributed by atoms with Crippen molar-refractivity contribution in [2.75, 3.05) is 18.8 Å². The average Bonchev–Trinajstić information content (AvgIpc) is 2.34. The molecule has 0 spiro atoms. The third-order valence-corrected chi connectivity index (χ3v) is 5.13. The molecule has 110 valence electrons. The van der Waals surface area contributed by atoms with Crippen molar-refractivity contribution in [2.24, 2.45) is 0 Å². The number of hydrogen-bond donors (Lipinski definition) is 0. The molecule has 0 radical (unpaired) electrons. The average molecular weight is 277 g/mol. The summed E-state index contributed by atoms with van der Waals surface area (Å²) >= 11 is 0. The molecule has 18 heavy (non-hydrogen) atoms. The van der Waals surface area contributed by atoms with Crippen LogP contribution in [0.2, 0.25) is 0 Å². The van der Waals surface area contributed by atoms with Crippen molar-refractivity contribution in [1.29, 1.82) is 0 Å². The van der Waals surface area contributed by atoms with E-state index < -0.39 is 10.0 Å². The van der Waals surface area contributed by atoms with Crippen molar-refractivity contribution in [1.82, 2.24) is 4.31 Å². The highest BCUT2D eigenvalue weighted by Gasteiger charge is 2.20. The van der Waals surface area contributed by atoms with E-state index in [0.29, 0.717) is 18.8 Å². The highest BCUT2D eigenvalue weighted by molar-refractivity contribution is 7.89. The van der Waals surface area contributed by atoms with Gasteiger partial charge in [-0.1, -0.05) is 52.9 Å².